The first-order valence-electron chi connectivity index (χ1n) is 8.43. The number of nitrogens with zero attached hydrogens (tertiary/aromatic N) is 1. The second kappa shape index (κ2) is 6.49. The van der Waals surface area contributed by atoms with Gasteiger partial charge in [-0.3, -0.25) is 9.69 Å². The summed E-state index contributed by atoms with van der Waals surface area (Å²) in [6, 6.07) is 7.87. The number of ether oxygens (including phenoxy) is 1. The topological polar surface area (TPSA) is 75.8 Å². The van der Waals surface area contributed by atoms with E-state index in [1.54, 1.807) is 7.11 Å². The first kappa shape index (κ1) is 16.3. The van der Waals surface area contributed by atoms with Crippen LogP contribution in [0, 0.1) is 5.92 Å². The summed E-state index contributed by atoms with van der Waals surface area (Å²) < 4.78 is 5.54. The van der Waals surface area contributed by atoms with Crippen LogP contribution in [0.5, 0.6) is 5.75 Å². The van der Waals surface area contributed by atoms with Gasteiger partial charge in [0.25, 0.3) is 0 Å². The summed E-state index contributed by atoms with van der Waals surface area (Å²) in [7, 11) is 1.66. The van der Waals surface area contributed by atoms with Gasteiger partial charge in [-0.25, -0.2) is 0 Å². The van der Waals surface area contributed by atoms with Crippen LogP contribution < -0.4 is 10.5 Å². The molecule has 1 saturated carbocycles. The van der Waals surface area contributed by atoms with Crippen molar-refractivity contribution in [3.05, 3.63) is 29.8 Å². The van der Waals surface area contributed by atoms with Crippen LogP contribution in [0.4, 0.5) is 0 Å². The largest absolute Gasteiger partial charge is 0.496 e. The van der Waals surface area contributed by atoms with Crippen molar-refractivity contribution in [1.29, 1.82) is 0 Å². The van der Waals surface area contributed by atoms with E-state index < -0.39 is 5.60 Å². The fourth-order valence-electron chi connectivity index (χ4n) is 4.44. The molecule has 1 saturated heterocycles. The molecule has 3 atom stereocenters. The number of para-hydroxylation sites is 1. The molecule has 0 spiro atoms. The summed E-state index contributed by atoms with van der Waals surface area (Å²) in [5, 5.41) is 11.2. The van der Waals surface area contributed by atoms with Gasteiger partial charge in [0.1, 0.15) is 5.75 Å². The van der Waals surface area contributed by atoms with Gasteiger partial charge in [0.15, 0.2) is 0 Å². The lowest BCUT2D eigenvalue weighted by molar-refractivity contribution is -0.136. The highest BCUT2D eigenvalue weighted by Crippen LogP contribution is 2.50. The van der Waals surface area contributed by atoms with Crippen molar-refractivity contribution in [1.82, 2.24) is 4.90 Å². The van der Waals surface area contributed by atoms with Crippen molar-refractivity contribution in [2.45, 2.75) is 43.7 Å². The van der Waals surface area contributed by atoms with Crippen LogP contribution in [0.2, 0.25) is 0 Å². The number of carbonyl (C=O) groups is 1. The Labute approximate surface area is 137 Å². The second-order valence-electron chi connectivity index (χ2n) is 6.83. The number of rotatable bonds is 4. The smallest absolute Gasteiger partial charge is 0.231 e. The van der Waals surface area contributed by atoms with E-state index >= 15 is 0 Å². The number of likely N-dealkylation sites (tertiary alicyclic amines) is 1. The maximum Gasteiger partial charge on any atom is 0.231 e. The molecule has 2 aliphatic rings. The SMILES string of the molecule is COc1ccccc1[C@@H]1[C@@H]2CCCC[C@@]2(O)CCN1CC(N)=O. The van der Waals surface area contributed by atoms with Gasteiger partial charge in [0.2, 0.25) is 5.91 Å². The van der Waals surface area contributed by atoms with Gasteiger partial charge in [-0.1, -0.05) is 31.0 Å². The number of benzene rings is 1. The van der Waals surface area contributed by atoms with E-state index in [0.29, 0.717) is 13.0 Å². The van der Waals surface area contributed by atoms with Crippen molar-refractivity contribution >= 4 is 5.91 Å². The Kier molecular flexibility index (Phi) is 4.60. The molecule has 1 aliphatic carbocycles. The Bertz CT molecular complexity index is 577. The van der Waals surface area contributed by atoms with Crippen molar-refractivity contribution in [2.75, 3.05) is 20.2 Å². The zero-order valence-corrected chi connectivity index (χ0v) is 13.7. The van der Waals surface area contributed by atoms with E-state index in [0.717, 1.165) is 37.0 Å². The molecule has 1 aromatic rings. The van der Waals surface area contributed by atoms with Gasteiger partial charge < -0.3 is 15.6 Å². The summed E-state index contributed by atoms with van der Waals surface area (Å²) in [6.45, 7) is 0.897. The fraction of sp³-hybridized carbons (Fsp3) is 0.611. The minimum Gasteiger partial charge on any atom is -0.496 e. The molecule has 0 unspecified atom stereocenters. The zero-order chi connectivity index (χ0) is 16.4. The van der Waals surface area contributed by atoms with Crippen molar-refractivity contribution in [2.24, 2.45) is 11.7 Å². The van der Waals surface area contributed by atoms with E-state index in [1.807, 2.05) is 24.3 Å². The third kappa shape index (κ3) is 3.08. The minimum atomic E-state index is -0.641. The molecular weight excluding hydrogens is 292 g/mol. The molecule has 3 N–H and O–H groups in total. The maximum absolute atomic E-state index is 11.5. The molecule has 23 heavy (non-hydrogen) atoms. The summed E-state index contributed by atoms with van der Waals surface area (Å²) in [5.41, 5.74) is 5.86. The van der Waals surface area contributed by atoms with Gasteiger partial charge in [0.05, 0.1) is 19.3 Å². The summed E-state index contributed by atoms with van der Waals surface area (Å²) in [5.74, 6) is 0.591. The predicted molar refractivity (Wildman–Crippen MR) is 88.0 cm³/mol. The lowest BCUT2D eigenvalue weighted by Gasteiger charge is -2.52. The molecule has 5 heteroatoms. The van der Waals surface area contributed by atoms with Crippen LogP contribution in [-0.4, -0.2) is 41.7 Å². The maximum atomic E-state index is 11.5. The molecule has 5 nitrogen and oxygen atoms in total. The third-order valence-electron chi connectivity index (χ3n) is 5.49. The molecule has 3 rings (SSSR count). The number of piperidine rings is 1. The van der Waals surface area contributed by atoms with Gasteiger partial charge in [-0.05, 0) is 25.3 Å². The normalized spacial score (nSPS) is 31.4. The molecule has 0 radical (unpaired) electrons. The Morgan fingerprint density at radius 3 is 2.91 bits per heavy atom. The summed E-state index contributed by atoms with van der Waals surface area (Å²) in [6.07, 6.45) is 4.70. The highest BCUT2D eigenvalue weighted by Gasteiger charge is 2.49. The number of hydrogen-bond donors (Lipinski definition) is 2. The number of nitrogens with two attached hydrogens (primary N) is 1. The van der Waals surface area contributed by atoms with Crippen LogP contribution >= 0.6 is 0 Å². The highest BCUT2D eigenvalue weighted by molar-refractivity contribution is 5.76. The quantitative estimate of drug-likeness (QED) is 0.888. The predicted octanol–water partition coefficient (Wildman–Crippen LogP) is 1.85. The van der Waals surface area contributed by atoms with E-state index in [9.17, 15) is 9.90 Å². The average molecular weight is 318 g/mol. The first-order chi connectivity index (χ1) is 11.0. The third-order valence-corrected chi connectivity index (χ3v) is 5.49. The van der Waals surface area contributed by atoms with Gasteiger partial charge >= 0.3 is 0 Å². The van der Waals surface area contributed by atoms with Crippen LogP contribution in [-0.2, 0) is 4.79 Å². The number of primary amides is 1. The molecule has 2 fully saturated rings. The number of aliphatic hydroxyl groups is 1. The van der Waals surface area contributed by atoms with E-state index in [2.05, 4.69) is 4.90 Å². The monoisotopic (exact) mass is 318 g/mol. The standard InChI is InChI=1S/C18H26N2O3/c1-23-15-8-3-2-6-13(15)17-14-7-4-5-9-18(14,22)10-11-20(17)12-16(19)21/h2-3,6,8,14,17,22H,4-5,7,9-12H2,1H3,(H2,19,21)/t14-,17+,18+/m0/s1. The Balaban J connectivity index is 2.02. The van der Waals surface area contributed by atoms with Crippen LogP contribution in [0.15, 0.2) is 24.3 Å². The lowest BCUT2D eigenvalue weighted by Crippen LogP contribution is -2.56. The molecule has 126 valence electrons. The van der Waals surface area contributed by atoms with Crippen LogP contribution in [0.1, 0.15) is 43.7 Å². The lowest BCUT2D eigenvalue weighted by atomic mass is 9.66. The molecule has 1 aliphatic heterocycles. The van der Waals surface area contributed by atoms with E-state index in [1.165, 1.54) is 0 Å². The van der Waals surface area contributed by atoms with E-state index in [-0.39, 0.29) is 24.4 Å². The molecule has 0 aromatic heterocycles. The van der Waals surface area contributed by atoms with Crippen LogP contribution in [0.3, 0.4) is 0 Å². The van der Waals surface area contributed by atoms with Gasteiger partial charge in [-0.15, -0.1) is 0 Å². The van der Waals surface area contributed by atoms with Crippen molar-refractivity contribution in [3.63, 3.8) is 0 Å². The summed E-state index contributed by atoms with van der Waals surface area (Å²) >= 11 is 0. The molecular formula is C18H26N2O3. The Hall–Kier alpha value is -1.59. The van der Waals surface area contributed by atoms with Crippen LogP contribution in [0.25, 0.3) is 0 Å². The number of methoxy groups -OCH3 is 1. The van der Waals surface area contributed by atoms with Gasteiger partial charge in [-0.2, -0.15) is 0 Å². The highest BCUT2D eigenvalue weighted by atomic mass is 16.5. The molecule has 1 heterocycles. The Morgan fingerprint density at radius 1 is 1.39 bits per heavy atom. The average Bonchev–Trinajstić information content (AvgIpc) is 2.54. The van der Waals surface area contributed by atoms with Crippen molar-refractivity contribution < 1.29 is 14.6 Å². The number of hydrogen-bond acceptors (Lipinski definition) is 4. The molecule has 0 bridgehead atoms. The zero-order valence-electron chi connectivity index (χ0n) is 13.7. The second-order valence-corrected chi connectivity index (χ2v) is 6.83. The molecule has 1 amide bonds. The molecule has 1 aromatic carbocycles. The summed E-state index contributed by atoms with van der Waals surface area (Å²) in [4.78, 5) is 13.6. The van der Waals surface area contributed by atoms with E-state index in [4.69, 9.17) is 10.5 Å². The van der Waals surface area contributed by atoms with Crippen molar-refractivity contribution in [3.8, 4) is 5.75 Å². The first-order valence-corrected chi connectivity index (χ1v) is 8.43. The minimum absolute atomic E-state index is 0.0299. The fourth-order valence-corrected chi connectivity index (χ4v) is 4.44. The van der Waals surface area contributed by atoms with Gasteiger partial charge in [0, 0.05) is 24.1 Å². The number of fused-ring (bicyclic) bond motifs is 1. The number of carbonyl (C=O) groups excluding carboxylic acids is 1. The Morgan fingerprint density at radius 2 is 2.17 bits per heavy atom. The number of amides is 1.